The fourth-order valence-electron chi connectivity index (χ4n) is 6.05. The van der Waals surface area contributed by atoms with Crippen LogP contribution in [0.15, 0.2) is 48.8 Å². The highest BCUT2D eigenvalue weighted by molar-refractivity contribution is 6.03. The van der Waals surface area contributed by atoms with Gasteiger partial charge in [0.05, 0.1) is 29.9 Å². The van der Waals surface area contributed by atoms with Gasteiger partial charge in [-0.25, -0.2) is 9.97 Å². The minimum atomic E-state index is -0.0140. The number of ether oxygens (including phenoxy) is 1. The van der Waals surface area contributed by atoms with Crippen molar-refractivity contribution >= 4 is 22.9 Å². The second-order valence-electron chi connectivity index (χ2n) is 11.3. The molecule has 1 aromatic carbocycles. The predicted octanol–water partition coefficient (Wildman–Crippen LogP) is 6.10. The topological polar surface area (TPSA) is 71.8 Å². The molecule has 0 aliphatic carbocycles. The van der Waals surface area contributed by atoms with E-state index in [4.69, 9.17) is 9.72 Å². The minimum absolute atomic E-state index is 0.0140. The Morgan fingerprint density at radius 3 is 2.72 bits per heavy atom. The van der Waals surface area contributed by atoms with Crippen LogP contribution in [0.1, 0.15) is 66.4 Å². The van der Waals surface area contributed by atoms with Gasteiger partial charge in [-0.15, -0.1) is 0 Å². The maximum atomic E-state index is 13.1. The molecule has 7 nitrogen and oxygen atoms in total. The van der Waals surface area contributed by atoms with Crippen LogP contribution >= 0.6 is 0 Å². The fraction of sp³-hybridized carbons (Fsp3) is 0.406. The fourth-order valence-corrected chi connectivity index (χ4v) is 6.05. The van der Waals surface area contributed by atoms with E-state index in [2.05, 4.69) is 70.7 Å². The first-order valence-electron chi connectivity index (χ1n) is 14.0. The summed E-state index contributed by atoms with van der Waals surface area (Å²) in [5.74, 6) is 0.799. The SMILES string of the molecule is CCc1c(-c2cnc3cc(C)ccn23)ccc(Nc2ccc([C@@]3(C)CCOC3)c(CN3CCC3)n2)c1C(C)=O. The Labute approximate surface area is 230 Å². The Morgan fingerprint density at radius 1 is 1.18 bits per heavy atom. The van der Waals surface area contributed by atoms with Crippen LogP contribution in [0.25, 0.3) is 16.9 Å². The number of anilines is 2. The lowest BCUT2D eigenvalue weighted by Crippen LogP contribution is -2.37. The molecule has 2 saturated heterocycles. The summed E-state index contributed by atoms with van der Waals surface area (Å²) in [5, 5.41) is 3.52. The monoisotopic (exact) mass is 523 g/mol. The van der Waals surface area contributed by atoms with Crippen molar-refractivity contribution in [2.75, 3.05) is 31.6 Å². The molecule has 0 unspecified atom stereocenters. The molecular formula is C32H37N5O2. The first-order chi connectivity index (χ1) is 18.9. The van der Waals surface area contributed by atoms with E-state index in [1.165, 1.54) is 17.5 Å². The lowest BCUT2D eigenvalue weighted by Gasteiger charge is -2.33. The second-order valence-corrected chi connectivity index (χ2v) is 11.3. The third-order valence-electron chi connectivity index (χ3n) is 8.39. The van der Waals surface area contributed by atoms with Crippen LogP contribution in [-0.2, 0) is 23.1 Å². The molecule has 7 heteroatoms. The van der Waals surface area contributed by atoms with E-state index in [1.807, 2.05) is 18.5 Å². The summed E-state index contributed by atoms with van der Waals surface area (Å²) < 4.78 is 7.87. The van der Waals surface area contributed by atoms with Crippen LogP contribution in [-0.4, -0.2) is 51.4 Å². The molecule has 2 fully saturated rings. The highest BCUT2D eigenvalue weighted by Crippen LogP contribution is 2.37. The Balaban J connectivity index is 1.39. The summed E-state index contributed by atoms with van der Waals surface area (Å²) in [5.41, 5.74) is 8.97. The largest absolute Gasteiger partial charge is 0.380 e. The van der Waals surface area contributed by atoms with Crippen LogP contribution in [0.3, 0.4) is 0 Å². The van der Waals surface area contributed by atoms with Crippen molar-refractivity contribution in [3.05, 3.63) is 76.7 Å². The predicted molar refractivity (Wildman–Crippen MR) is 155 cm³/mol. The summed E-state index contributed by atoms with van der Waals surface area (Å²) in [6.07, 6.45) is 6.92. The third-order valence-corrected chi connectivity index (χ3v) is 8.39. The zero-order valence-corrected chi connectivity index (χ0v) is 23.4. The number of carbonyl (C=O) groups is 1. The molecular weight excluding hydrogens is 486 g/mol. The van der Waals surface area contributed by atoms with E-state index in [0.717, 1.165) is 85.4 Å². The van der Waals surface area contributed by atoms with Crippen molar-refractivity contribution in [2.45, 2.75) is 58.9 Å². The molecule has 5 heterocycles. The van der Waals surface area contributed by atoms with Gasteiger partial charge in [-0.1, -0.05) is 26.0 Å². The van der Waals surface area contributed by atoms with Gasteiger partial charge < -0.3 is 10.1 Å². The second kappa shape index (κ2) is 10.2. The van der Waals surface area contributed by atoms with Crippen molar-refractivity contribution in [3.8, 4) is 11.3 Å². The average molecular weight is 524 g/mol. The maximum Gasteiger partial charge on any atom is 0.162 e. The van der Waals surface area contributed by atoms with Gasteiger partial charge in [-0.3, -0.25) is 14.1 Å². The van der Waals surface area contributed by atoms with E-state index < -0.39 is 0 Å². The van der Waals surface area contributed by atoms with Gasteiger partial charge in [0, 0.05) is 35.9 Å². The van der Waals surface area contributed by atoms with Crippen molar-refractivity contribution in [3.63, 3.8) is 0 Å². The summed E-state index contributed by atoms with van der Waals surface area (Å²) in [4.78, 5) is 25.3. The molecule has 3 aromatic heterocycles. The van der Waals surface area contributed by atoms with Gasteiger partial charge in [0.15, 0.2) is 5.78 Å². The number of benzene rings is 1. The summed E-state index contributed by atoms with van der Waals surface area (Å²) >= 11 is 0. The van der Waals surface area contributed by atoms with Gasteiger partial charge >= 0.3 is 0 Å². The van der Waals surface area contributed by atoms with Gasteiger partial charge in [0.25, 0.3) is 0 Å². The molecule has 0 bridgehead atoms. The van der Waals surface area contributed by atoms with Crippen molar-refractivity contribution in [2.24, 2.45) is 0 Å². The molecule has 202 valence electrons. The zero-order valence-electron chi connectivity index (χ0n) is 23.4. The van der Waals surface area contributed by atoms with Gasteiger partial charge in [-0.05, 0) is 87.2 Å². The van der Waals surface area contributed by atoms with E-state index in [1.54, 1.807) is 6.92 Å². The van der Waals surface area contributed by atoms with Crippen molar-refractivity contribution < 1.29 is 9.53 Å². The number of aryl methyl sites for hydroxylation is 1. The Kier molecular flexibility index (Phi) is 6.73. The van der Waals surface area contributed by atoms with Crippen molar-refractivity contribution in [1.82, 2.24) is 19.3 Å². The Morgan fingerprint density at radius 2 is 2.03 bits per heavy atom. The first-order valence-corrected chi connectivity index (χ1v) is 14.0. The minimum Gasteiger partial charge on any atom is -0.380 e. The van der Waals surface area contributed by atoms with Crippen molar-refractivity contribution in [1.29, 1.82) is 0 Å². The molecule has 39 heavy (non-hydrogen) atoms. The number of aromatic nitrogens is 3. The van der Waals surface area contributed by atoms with E-state index in [9.17, 15) is 4.79 Å². The number of nitrogens with one attached hydrogen (secondary N) is 1. The standard InChI is InChI=1S/C32H37N5O2/c1-5-23-24(28-18-33-30-17-21(2)11-15-37(28)30)7-9-26(31(23)22(3)38)34-29-10-8-25(32(4)12-16-39-20-32)27(35-29)19-36-13-6-14-36/h7-11,15,17-18H,5-6,12-14,16,19-20H2,1-4H3,(H,34,35)/t32-/m0/s1. The summed E-state index contributed by atoms with van der Waals surface area (Å²) in [6.45, 7) is 12.7. The molecule has 0 amide bonds. The van der Waals surface area contributed by atoms with Crippen LogP contribution in [0.4, 0.5) is 11.5 Å². The molecule has 6 rings (SSSR count). The number of nitrogens with zero attached hydrogens (tertiary/aromatic N) is 4. The van der Waals surface area contributed by atoms with Gasteiger partial charge in [0.1, 0.15) is 11.5 Å². The molecule has 0 spiro atoms. The number of hydrogen-bond acceptors (Lipinski definition) is 6. The number of fused-ring (bicyclic) bond motifs is 1. The Bertz CT molecular complexity index is 1550. The van der Waals surface area contributed by atoms with Crippen LogP contribution in [0, 0.1) is 6.92 Å². The molecule has 1 atom stereocenters. The van der Waals surface area contributed by atoms with Crippen LogP contribution in [0.5, 0.6) is 0 Å². The average Bonchev–Trinajstić information content (AvgIpc) is 3.52. The quantitative estimate of drug-likeness (QED) is 0.282. The number of carbonyl (C=O) groups excluding carboxylic acids is 1. The summed E-state index contributed by atoms with van der Waals surface area (Å²) in [6, 6.07) is 12.5. The molecule has 0 saturated carbocycles. The molecule has 1 N–H and O–H groups in total. The van der Waals surface area contributed by atoms with Crippen LogP contribution in [0.2, 0.25) is 0 Å². The number of rotatable bonds is 8. The third kappa shape index (κ3) is 4.74. The molecule has 2 aliphatic heterocycles. The van der Waals surface area contributed by atoms with Gasteiger partial charge in [-0.2, -0.15) is 0 Å². The highest BCUT2D eigenvalue weighted by atomic mass is 16.5. The van der Waals surface area contributed by atoms with E-state index in [0.29, 0.717) is 5.56 Å². The number of likely N-dealkylation sites (tertiary alicyclic amines) is 1. The van der Waals surface area contributed by atoms with Gasteiger partial charge in [0.2, 0.25) is 0 Å². The Hall–Kier alpha value is -3.55. The summed E-state index contributed by atoms with van der Waals surface area (Å²) in [7, 11) is 0. The lowest BCUT2D eigenvalue weighted by atomic mass is 9.80. The number of imidazole rings is 1. The number of hydrogen-bond donors (Lipinski definition) is 1. The first kappa shape index (κ1) is 25.7. The number of ketones is 1. The highest BCUT2D eigenvalue weighted by Gasteiger charge is 2.35. The normalized spacial score (nSPS) is 19.4. The number of Topliss-reactive ketones (excluding diaryl/α,β-unsaturated/α-hetero) is 1. The lowest BCUT2D eigenvalue weighted by molar-refractivity contribution is 0.101. The number of pyridine rings is 2. The molecule has 4 aromatic rings. The smallest absolute Gasteiger partial charge is 0.162 e. The van der Waals surface area contributed by atoms with Crippen LogP contribution < -0.4 is 5.32 Å². The maximum absolute atomic E-state index is 13.1. The van der Waals surface area contributed by atoms with E-state index >= 15 is 0 Å². The molecule has 2 aliphatic rings. The molecule has 0 radical (unpaired) electrons. The zero-order chi connectivity index (χ0) is 27.1. The van der Waals surface area contributed by atoms with E-state index in [-0.39, 0.29) is 11.2 Å².